The molecule has 0 aliphatic carbocycles. The van der Waals surface area contributed by atoms with Crippen LogP contribution in [0.5, 0.6) is 0 Å². The first-order valence-electron chi connectivity index (χ1n) is 6.24. The Kier molecular flexibility index (Phi) is 5.54. The summed E-state index contributed by atoms with van der Waals surface area (Å²) in [4.78, 5) is 11.2. The monoisotopic (exact) mass is 284 g/mol. The van der Waals surface area contributed by atoms with Crippen molar-refractivity contribution in [3.05, 3.63) is 35.4 Å². The van der Waals surface area contributed by atoms with Crippen LogP contribution in [-0.4, -0.2) is 31.5 Å². The highest BCUT2D eigenvalue weighted by Crippen LogP contribution is 2.16. The quantitative estimate of drug-likeness (QED) is 0.832. The summed E-state index contributed by atoms with van der Waals surface area (Å²) in [5, 5.41) is 9.17. The van der Waals surface area contributed by atoms with Crippen molar-refractivity contribution >= 4 is 15.8 Å². The lowest BCUT2D eigenvalue weighted by Gasteiger charge is -2.12. The lowest BCUT2D eigenvalue weighted by Crippen LogP contribution is -2.18. The Morgan fingerprint density at radius 1 is 1.26 bits per heavy atom. The van der Waals surface area contributed by atoms with Gasteiger partial charge < -0.3 is 5.11 Å². The molecule has 1 unspecified atom stereocenters. The molecule has 0 aromatic heterocycles. The third-order valence-corrected chi connectivity index (χ3v) is 4.05. The van der Waals surface area contributed by atoms with E-state index in [1.54, 1.807) is 0 Å². The topological polar surface area (TPSA) is 71.4 Å². The highest BCUT2D eigenvalue weighted by Gasteiger charge is 2.18. The van der Waals surface area contributed by atoms with Gasteiger partial charge in [-0.25, -0.2) is 8.42 Å². The number of aryl methyl sites for hydroxylation is 1. The van der Waals surface area contributed by atoms with E-state index < -0.39 is 21.7 Å². The van der Waals surface area contributed by atoms with Crippen LogP contribution in [-0.2, 0) is 21.1 Å². The van der Waals surface area contributed by atoms with Gasteiger partial charge in [-0.05, 0) is 31.7 Å². The van der Waals surface area contributed by atoms with Crippen molar-refractivity contribution in [2.24, 2.45) is 5.92 Å². The number of benzene rings is 1. The fourth-order valence-corrected chi connectivity index (χ4v) is 2.60. The second-order valence-electron chi connectivity index (χ2n) is 5.00. The van der Waals surface area contributed by atoms with Gasteiger partial charge in [-0.1, -0.05) is 29.8 Å². The normalized spacial score (nSPS) is 13.2. The van der Waals surface area contributed by atoms with E-state index in [0.717, 1.165) is 11.1 Å². The van der Waals surface area contributed by atoms with Gasteiger partial charge in [-0.2, -0.15) is 0 Å². The summed E-state index contributed by atoms with van der Waals surface area (Å²) in [6.45, 7) is 1.98. The van der Waals surface area contributed by atoms with Gasteiger partial charge in [0.25, 0.3) is 0 Å². The largest absolute Gasteiger partial charge is 0.481 e. The molecule has 0 saturated heterocycles. The minimum Gasteiger partial charge on any atom is -0.481 e. The molecule has 1 aromatic rings. The third-order valence-electron chi connectivity index (χ3n) is 3.02. The van der Waals surface area contributed by atoms with Gasteiger partial charge in [0, 0.05) is 12.0 Å². The number of hydrogen-bond acceptors (Lipinski definition) is 3. The van der Waals surface area contributed by atoms with E-state index in [2.05, 4.69) is 0 Å². The summed E-state index contributed by atoms with van der Waals surface area (Å²) >= 11 is 0. The molecule has 1 aromatic carbocycles. The first-order chi connectivity index (χ1) is 8.78. The lowest BCUT2D eigenvalue weighted by atomic mass is 9.95. The van der Waals surface area contributed by atoms with Crippen LogP contribution in [0.1, 0.15) is 24.0 Å². The molecule has 0 fully saturated rings. The van der Waals surface area contributed by atoms with Crippen molar-refractivity contribution in [2.45, 2.75) is 26.2 Å². The van der Waals surface area contributed by atoms with E-state index in [1.807, 2.05) is 31.2 Å². The summed E-state index contributed by atoms with van der Waals surface area (Å²) in [6.07, 6.45) is 2.39. The van der Waals surface area contributed by atoms with Crippen molar-refractivity contribution in [3.63, 3.8) is 0 Å². The summed E-state index contributed by atoms with van der Waals surface area (Å²) in [6, 6.07) is 7.74. The number of aliphatic carboxylic acids is 1. The third kappa shape index (κ3) is 6.38. The highest BCUT2D eigenvalue weighted by atomic mass is 32.2. The van der Waals surface area contributed by atoms with Crippen LogP contribution in [0.2, 0.25) is 0 Å². The average Bonchev–Trinajstić information content (AvgIpc) is 2.28. The molecule has 106 valence electrons. The Labute approximate surface area is 114 Å². The Balaban J connectivity index is 2.58. The van der Waals surface area contributed by atoms with Gasteiger partial charge in [-0.3, -0.25) is 4.79 Å². The van der Waals surface area contributed by atoms with Crippen molar-refractivity contribution in [3.8, 4) is 0 Å². The Morgan fingerprint density at radius 2 is 1.84 bits per heavy atom. The van der Waals surface area contributed by atoms with Crippen LogP contribution in [0, 0.1) is 12.8 Å². The predicted octanol–water partition coefficient (Wildman–Crippen LogP) is 2.06. The van der Waals surface area contributed by atoms with Gasteiger partial charge in [0.15, 0.2) is 0 Å². The fourth-order valence-electron chi connectivity index (χ4n) is 1.91. The molecule has 1 N–H and O–H groups in total. The summed E-state index contributed by atoms with van der Waals surface area (Å²) in [5.41, 5.74) is 2.10. The molecule has 0 heterocycles. The Morgan fingerprint density at radius 3 is 2.32 bits per heavy atom. The summed E-state index contributed by atoms with van der Waals surface area (Å²) in [5.74, 6) is -1.34. The van der Waals surface area contributed by atoms with Gasteiger partial charge in [-0.15, -0.1) is 0 Å². The van der Waals surface area contributed by atoms with Crippen LogP contribution in [0.25, 0.3) is 0 Å². The standard InChI is InChI=1S/C14H20O4S/c1-11-5-7-12(8-6-11)10-13(14(15)16)4-3-9-19(2,17)18/h5-8,13H,3-4,9-10H2,1-2H3,(H,15,16). The summed E-state index contributed by atoms with van der Waals surface area (Å²) in [7, 11) is -3.02. The SMILES string of the molecule is Cc1ccc(CC(CCCS(C)(=O)=O)C(=O)O)cc1. The number of sulfone groups is 1. The molecule has 1 atom stereocenters. The lowest BCUT2D eigenvalue weighted by molar-refractivity contribution is -0.141. The van der Waals surface area contributed by atoms with E-state index in [0.29, 0.717) is 19.3 Å². The molecule has 5 heteroatoms. The number of rotatable bonds is 7. The average molecular weight is 284 g/mol. The van der Waals surface area contributed by atoms with E-state index in [-0.39, 0.29) is 5.75 Å². The van der Waals surface area contributed by atoms with Crippen LogP contribution in [0.4, 0.5) is 0 Å². The van der Waals surface area contributed by atoms with Crippen LogP contribution in [0.3, 0.4) is 0 Å². The van der Waals surface area contributed by atoms with Crippen LogP contribution < -0.4 is 0 Å². The van der Waals surface area contributed by atoms with Crippen LogP contribution >= 0.6 is 0 Å². The molecule has 0 bridgehead atoms. The molecule has 19 heavy (non-hydrogen) atoms. The second kappa shape index (κ2) is 6.70. The molecular weight excluding hydrogens is 264 g/mol. The molecule has 0 saturated carbocycles. The predicted molar refractivity (Wildman–Crippen MR) is 75.0 cm³/mol. The smallest absolute Gasteiger partial charge is 0.306 e. The minimum atomic E-state index is -3.02. The highest BCUT2D eigenvalue weighted by molar-refractivity contribution is 7.90. The number of carbonyl (C=O) groups is 1. The molecule has 0 aliphatic heterocycles. The number of carboxylic acid groups (broad SMARTS) is 1. The van der Waals surface area contributed by atoms with Gasteiger partial charge in [0.1, 0.15) is 9.84 Å². The van der Waals surface area contributed by atoms with Crippen molar-refractivity contribution < 1.29 is 18.3 Å². The van der Waals surface area contributed by atoms with Gasteiger partial charge in [0.05, 0.1) is 5.92 Å². The second-order valence-corrected chi connectivity index (χ2v) is 7.26. The van der Waals surface area contributed by atoms with E-state index in [1.165, 1.54) is 6.26 Å². The van der Waals surface area contributed by atoms with Gasteiger partial charge >= 0.3 is 5.97 Å². The van der Waals surface area contributed by atoms with Crippen molar-refractivity contribution in [1.29, 1.82) is 0 Å². The van der Waals surface area contributed by atoms with E-state index >= 15 is 0 Å². The molecule has 1 rings (SSSR count). The number of carboxylic acids is 1. The number of hydrogen-bond donors (Lipinski definition) is 1. The van der Waals surface area contributed by atoms with Gasteiger partial charge in [0.2, 0.25) is 0 Å². The first kappa shape index (κ1) is 15.7. The molecule has 0 spiro atoms. The van der Waals surface area contributed by atoms with Crippen LogP contribution in [0.15, 0.2) is 24.3 Å². The zero-order valence-electron chi connectivity index (χ0n) is 11.3. The Bertz CT molecular complexity index is 517. The molecule has 4 nitrogen and oxygen atoms in total. The van der Waals surface area contributed by atoms with Crippen molar-refractivity contribution in [1.82, 2.24) is 0 Å². The summed E-state index contributed by atoms with van der Waals surface area (Å²) < 4.78 is 22.1. The van der Waals surface area contributed by atoms with Crippen molar-refractivity contribution in [2.75, 3.05) is 12.0 Å². The van der Waals surface area contributed by atoms with E-state index in [9.17, 15) is 13.2 Å². The maximum absolute atomic E-state index is 11.2. The minimum absolute atomic E-state index is 0.0463. The maximum Gasteiger partial charge on any atom is 0.306 e. The maximum atomic E-state index is 11.2. The molecule has 0 radical (unpaired) electrons. The molecule has 0 amide bonds. The van der Waals surface area contributed by atoms with E-state index in [4.69, 9.17) is 5.11 Å². The zero-order valence-corrected chi connectivity index (χ0v) is 12.1. The molecule has 0 aliphatic rings. The fraction of sp³-hybridized carbons (Fsp3) is 0.500. The Hall–Kier alpha value is -1.36. The molecular formula is C14H20O4S. The zero-order chi connectivity index (χ0) is 14.5. The first-order valence-corrected chi connectivity index (χ1v) is 8.30.